The summed E-state index contributed by atoms with van der Waals surface area (Å²) < 4.78 is 26.5. The zero-order chi connectivity index (χ0) is 16.8. The Hall–Kier alpha value is -2.23. The van der Waals surface area contributed by atoms with Crippen molar-refractivity contribution in [3.05, 3.63) is 70.8 Å². The van der Waals surface area contributed by atoms with E-state index in [-0.39, 0.29) is 12.2 Å². The molecule has 0 heterocycles. The van der Waals surface area contributed by atoms with Crippen LogP contribution >= 0.6 is 0 Å². The van der Waals surface area contributed by atoms with Gasteiger partial charge in [0.25, 0.3) is 0 Å². The summed E-state index contributed by atoms with van der Waals surface area (Å²) in [5.74, 6) is -0.308. The summed E-state index contributed by atoms with van der Waals surface area (Å²) in [5, 5.41) is 3.84. The molecular weight excluding hydrogens is 308 g/mol. The molecule has 2 nitrogen and oxygen atoms in total. The molecule has 1 aliphatic carbocycles. The van der Waals surface area contributed by atoms with Crippen LogP contribution in [0.25, 0.3) is 0 Å². The lowest BCUT2D eigenvalue weighted by Crippen LogP contribution is -2.04. The first kappa shape index (κ1) is 16.6. The number of halogens is 2. The lowest BCUT2D eigenvalue weighted by Gasteiger charge is -2.21. The first-order chi connectivity index (χ1) is 11.7. The van der Waals surface area contributed by atoms with Gasteiger partial charge in [-0.25, -0.2) is 8.78 Å². The van der Waals surface area contributed by atoms with Crippen LogP contribution in [0.3, 0.4) is 0 Å². The van der Waals surface area contributed by atoms with E-state index in [0.717, 1.165) is 23.8 Å². The minimum Gasteiger partial charge on any atom is -0.391 e. The SMILES string of the molecule is Fc1ccc(F)c(CON=Cc2ccc(C3CCCCC3)cc2)c1. The molecule has 0 atom stereocenters. The molecule has 24 heavy (non-hydrogen) atoms. The second kappa shape index (κ2) is 8.04. The second-order valence-corrected chi connectivity index (χ2v) is 6.25. The fourth-order valence-corrected chi connectivity index (χ4v) is 3.15. The van der Waals surface area contributed by atoms with Crippen LogP contribution in [0.15, 0.2) is 47.6 Å². The molecule has 0 bridgehead atoms. The molecule has 0 aliphatic heterocycles. The highest BCUT2D eigenvalue weighted by atomic mass is 19.1. The maximum Gasteiger partial charge on any atom is 0.145 e. The Balaban J connectivity index is 1.53. The summed E-state index contributed by atoms with van der Waals surface area (Å²) in [6, 6.07) is 11.6. The number of oxime groups is 1. The average Bonchev–Trinajstić information content (AvgIpc) is 2.63. The van der Waals surface area contributed by atoms with Gasteiger partial charge < -0.3 is 4.84 Å². The van der Waals surface area contributed by atoms with Crippen LogP contribution in [0.1, 0.15) is 54.7 Å². The maximum absolute atomic E-state index is 13.4. The molecule has 0 N–H and O–H groups in total. The van der Waals surface area contributed by atoms with E-state index < -0.39 is 11.6 Å². The van der Waals surface area contributed by atoms with E-state index in [1.165, 1.54) is 37.7 Å². The predicted molar refractivity (Wildman–Crippen MR) is 91.0 cm³/mol. The Morgan fingerprint density at radius 2 is 1.75 bits per heavy atom. The van der Waals surface area contributed by atoms with Crippen molar-refractivity contribution in [2.45, 2.75) is 44.6 Å². The molecule has 2 aromatic carbocycles. The lowest BCUT2D eigenvalue weighted by molar-refractivity contribution is 0.129. The minimum absolute atomic E-state index is 0.0970. The maximum atomic E-state index is 13.4. The van der Waals surface area contributed by atoms with Crippen LogP contribution in [0.2, 0.25) is 0 Å². The van der Waals surface area contributed by atoms with Crippen molar-refractivity contribution in [3.8, 4) is 0 Å². The van der Waals surface area contributed by atoms with Gasteiger partial charge in [0, 0.05) is 5.56 Å². The molecule has 0 spiro atoms. The van der Waals surface area contributed by atoms with Crippen LogP contribution in [-0.4, -0.2) is 6.21 Å². The fraction of sp³-hybridized carbons (Fsp3) is 0.350. The van der Waals surface area contributed by atoms with Gasteiger partial charge in [0.2, 0.25) is 0 Å². The van der Waals surface area contributed by atoms with E-state index in [9.17, 15) is 8.78 Å². The number of benzene rings is 2. The normalized spacial score (nSPS) is 15.8. The standard InChI is InChI=1S/C20H21F2NO/c21-19-10-11-20(22)18(12-19)14-24-23-13-15-6-8-17(9-7-15)16-4-2-1-3-5-16/h6-13,16H,1-5,14H2. The molecule has 2 aromatic rings. The van der Waals surface area contributed by atoms with Crippen molar-refractivity contribution >= 4 is 6.21 Å². The van der Waals surface area contributed by atoms with Crippen molar-refractivity contribution in [1.82, 2.24) is 0 Å². The highest BCUT2D eigenvalue weighted by Gasteiger charge is 2.14. The van der Waals surface area contributed by atoms with Crippen molar-refractivity contribution in [2.24, 2.45) is 5.16 Å². The number of hydrogen-bond donors (Lipinski definition) is 0. The largest absolute Gasteiger partial charge is 0.391 e. The van der Waals surface area contributed by atoms with E-state index >= 15 is 0 Å². The van der Waals surface area contributed by atoms with Gasteiger partial charge in [-0.3, -0.25) is 0 Å². The van der Waals surface area contributed by atoms with Crippen LogP contribution in [0, 0.1) is 11.6 Å². The molecule has 0 radical (unpaired) electrons. The molecule has 1 fully saturated rings. The topological polar surface area (TPSA) is 21.6 Å². The van der Waals surface area contributed by atoms with Crippen LogP contribution in [0.4, 0.5) is 8.78 Å². The third-order valence-corrected chi connectivity index (χ3v) is 4.52. The molecule has 0 amide bonds. The Bertz CT molecular complexity index is 691. The number of nitrogens with zero attached hydrogens (tertiary/aromatic N) is 1. The van der Waals surface area contributed by atoms with E-state index in [1.807, 2.05) is 12.1 Å². The Labute approximate surface area is 141 Å². The molecule has 4 heteroatoms. The molecule has 0 unspecified atom stereocenters. The monoisotopic (exact) mass is 329 g/mol. The van der Waals surface area contributed by atoms with Crippen molar-refractivity contribution < 1.29 is 13.6 Å². The first-order valence-corrected chi connectivity index (χ1v) is 8.41. The van der Waals surface area contributed by atoms with Crippen molar-refractivity contribution in [3.63, 3.8) is 0 Å². The van der Waals surface area contributed by atoms with Gasteiger partial charge in [-0.2, -0.15) is 0 Å². The summed E-state index contributed by atoms with van der Waals surface area (Å²) >= 11 is 0. The zero-order valence-corrected chi connectivity index (χ0v) is 13.6. The highest BCUT2D eigenvalue weighted by Crippen LogP contribution is 2.32. The van der Waals surface area contributed by atoms with Crippen LogP contribution in [0.5, 0.6) is 0 Å². The Morgan fingerprint density at radius 3 is 2.50 bits per heavy atom. The highest BCUT2D eigenvalue weighted by molar-refractivity contribution is 5.79. The van der Waals surface area contributed by atoms with E-state index in [0.29, 0.717) is 5.92 Å². The summed E-state index contributed by atoms with van der Waals surface area (Å²) in [4.78, 5) is 5.07. The van der Waals surface area contributed by atoms with Gasteiger partial charge in [0.15, 0.2) is 0 Å². The Morgan fingerprint density at radius 1 is 1.00 bits per heavy atom. The van der Waals surface area contributed by atoms with Gasteiger partial charge in [-0.05, 0) is 48.1 Å². The molecule has 1 saturated carbocycles. The third kappa shape index (κ3) is 4.40. The van der Waals surface area contributed by atoms with Gasteiger partial charge in [-0.1, -0.05) is 48.7 Å². The van der Waals surface area contributed by atoms with E-state index in [2.05, 4.69) is 17.3 Å². The summed E-state index contributed by atoms with van der Waals surface area (Å²) in [6.45, 7) is -0.0970. The summed E-state index contributed by atoms with van der Waals surface area (Å²) in [7, 11) is 0. The molecule has 0 aromatic heterocycles. The first-order valence-electron chi connectivity index (χ1n) is 8.41. The average molecular weight is 329 g/mol. The van der Waals surface area contributed by atoms with Crippen LogP contribution < -0.4 is 0 Å². The van der Waals surface area contributed by atoms with Crippen LogP contribution in [-0.2, 0) is 11.4 Å². The number of hydrogen-bond acceptors (Lipinski definition) is 2. The van der Waals surface area contributed by atoms with E-state index in [4.69, 9.17) is 4.84 Å². The fourth-order valence-electron chi connectivity index (χ4n) is 3.15. The quantitative estimate of drug-likeness (QED) is 0.519. The zero-order valence-electron chi connectivity index (χ0n) is 13.6. The van der Waals surface area contributed by atoms with Crippen molar-refractivity contribution in [2.75, 3.05) is 0 Å². The molecular formula is C20H21F2NO. The van der Waals surface area contributed by atoms with Gasteiger partial charge in [-0.15, -0.1) is 0 Å². The van der Waals surface area contributed by atoms with Gasteiger partial charge >= 0.3 is 0 Å². The molecule has 0 saturated heterocycles. The van der Waals surface area contributed by atoms with Crippen molar-refractivity contribution in [1.29, 1.82) is 0 Å². The minimum atomic E-state index is -0.497. The number of rotatable bonds is 5. The second-order valence-electron chi connectivity index (χ2n) is 6.25. The van der Waals surface area contributed by atoms with Gasteiger partial charge in [0.05, 0.1) is 6.21 Å². The van der Waals surface area contributed by atoms with Gasteiger partial charge in [0.1, 0.15) is 18.2 Å². The molecule has 126 valence electrons. The lowest BCUT2D eigenvalue weighted by atomic mass is 9.84. The molecule has 1 aliphatic rings. The molecule has 3 rings (SSSR count). The van der Waals surface area contributed by atoms with E-state index in [1.54, 1.807) is 6.21 Å². The summed E-state index contributed by atoms with van der Waals surface area (Å²) in [6.07, 6.45) is 8.12. The predicted octanol–water partition coefficient (Wildman–Crippen LogP) is 5.56. The Kier molecular flexibility index (Phi) is 5.57. The third-order valence-electron chi connectivity index (χ3n) is 4.52. The smallest absolute Gasteiger partial charge is 0.145 e. The summed E-state index contributed by atoms with van der Waals surface area (Å²) in [5.41, 5.74) is 2.46.